The van der Waals surface area contributed by atoms with Crippen LogP contribution in [0.3, 0.4) is 0 Å². The van der Waals surface area contributed by atoms with Crippen LogP contribution in [0.2, 0.25) is 0 Å². The Labute approximate surface area is 151 Å². The number of benzene rings is 2. The molecular weight excluding hydrogens is 330 g/mol. The highest BCUT2D eigenvalue weighted by molar-refractivity contribution is 7.22. The zero-order valence-corrected chi connectivity index (χ0v) is 15.1. The number of aromatic nitrogens is 1. The number of hydrogen-bond acceptors (Lipinski definition) is 4. The number of likely N-dealkylation sites (N-methyl/N-ethyl adjacent to an activating group) is 1. The van der Waals surface area contributed by atoms with Crippen LogP contribution in [0.25, 0.3) is 10.2 Å². The van der Waals surface area contributed by atoms with Crippen molar-refractivity contribution in [3.8, 4) is 0 Å². The van der Waals surface area contributed by atoms with E-state index in [9.17, 15) is 4.79 Å². The van der Waals surface area contributed by atoms with Gasteiger partial charge in [-0.25, -0.2) is 4.98 Å². The number of carbonyl (C=O) groups is 1. The van der Waals surface area contributed by atoms with Gasteiger partial charge in [-0.05, 0) is 43.5 Å². The Morgan fingerprint density at radius 3 is 2.84 bits per heavy atom. The number of anilines is 2. The Bertz CT molecular complexity index is 872. The predicted octanol–water partition coefficient (Wildman–Crippen LogP) is 4.10. The Morgan fingerprint density at radius 1 is 1.20 bits per heavy atom. The second-order valence-corrected chi connectivity index (χ2v) is 7.27. The van der Waals surface area contributed by atoms with Gasteiger partial charge in [0.05, 0.1) is 16.8 Å². The number of amides is 1. The third kappa shape index (κ3) is 3.12. The van der Waals surface area contributed by atoms with Gasteiger partial charge in [-0.2, -0.15) is 0 Å². The Balaban J connectivity index is 1.57. The van der Waals surface area contributed by atoms with Crippen molar-refractivity contribution in [3.05, 3.63) is 54.1 Å². The lowest BCUT2D eigenvalue weighted by atomic mass is 10.0. The molecule has 0 fully saturated rings. The van der Waals surface area contributed by atoms with E-state index in [2.05, 4.69) is 34.1 Å². The molecule has 1 amide bonds. The summed E-state index contributed by atoms with van der Waals surface area (Å²) in [6.07, 6.45) is 2.19. The summed E-state index contributed by atoms with van der Waals surface area (Å²) < 4.78 is 1.12. The standard InChI is InChI=1S/C20H21N3OS/c1-2-23(20-21-16-10-4-6-12-18(16)25-20)19(24)14-22-13-7-9-15-8-3-5-11-17(15)22/h3-6,8,10-12H,2,7,9,13-14H2,1H3. The number of rotatable bonds is 4. The Morgan fingerprint density at radius 2 is 2.00 bits per heavy atom. The molecule has 4 nitrogen and oxygen atoms in total. The molecule has 0 atom stereocenters. The van der Waals surface area contributed by atoms with Crippen LogP contribution in [0.5, 0.6) is 0 Å². The first-order chi connectivity index (χ1) is 12.3. The Hall–Kier alpha value is -2.40. The van der Waals surface area contributed by atoms with Crippen molar-refractivity contribution < 1.29 is 4.79 Å². The van der Waals surface area contributed by atoms with Crippen molar-refractivity contribution in [1.29, 1.82) is 0 Å². The minimum atomic E-state index is 0.109. The quantitative estimate of drug-likeness (QED) is 0.710. The van der Waals surface area contributed by atoms with Gasteiger partial charge in [0.2, 0.25) is 5.91 Å². The van der Waals surface area contributed by atoms with Gasteiger partial charge in [-0.1, -0.05) is 41.7 Å². The first kappa shape index (κ1) is 16.1. The van der Waals surface area contributed by atoms with Gasteiger partial charge < -0.3 is 4.90 Å². The number of hydrogen-bond donors (Lipinski definition) is 0. The number of thiazole rings is 1. The van der Waals surface area contributed by atoms with Crippen LogP contribution in [0, 0.1) is 0 Å². The van der Waals surface area contributed by atoms with Gasteiger partial charge >= 0.3 is 0 Å². The van der Waals surface area contributed by atoms with E-state index in [4.69, 9.17) is 0 Å². The smallest absolute Gasteiger partial charge is 0.248 e. The van der Waals surface area contributed by atoms with Crippen LogP contribution in [-0.4, -0.2) is 30.5 Å². The van der Waals surface area contributed by atoms with E-state index in [1.54, 1.807) is 11.3 Å². The van der Waals surface area contributed by atoms with E-state index >= 15 is 0 Å². The molecule has 25 heavy (non-hydrogen) atoms. The lowest BCUT2D eigenvalue weighted by molar-refractivity contribution is -0.117. The summed E-state index contributed by atoms with van der Waals surface area (Å²) in [5.41, 5.74) is 3.49. The number of fused-ring (bicyclic) bond motifs is 2. The lowest BCUT2D eigenvalue weighted by Crippen LogP contribution is -2.42. The fourth-order valence-corrected chi connectivity index (χ4v) is 4.46. The van der Waals surface area contributed by atoms with Gasteiger partial charge in [-0.15, -0.1) is 0 Å². The number of para-hydroxylation sites is 2. The highest BCUT2D eigenvalue weighted by atomic mass is 32.1. The van der Waals surface area contributed by atoms with Crippen LogP contribution < -0.4 is 9.80 Å². The molecular formula is C20H21N3OS. The van der Waals surface area contributed by atoms with Crippen molar-refractivity contribution in [2.24, 2.45) is 0 Å². The molecule has 0 spiro atoms. The van der Waals surface area contributed by atoms with Gasteiger partial charge in [-0.3, -0.25) is 9.69 Å². The lowest BCUT2D eigenvalue weighted by Gasteiger charge is -2.32. The van der Waals surface area contributed by atoms with E-state index in [0.29, 0.717) is 13.1 Å². The molecule has 0 aliphatic carbocycles. The summed E-state index contributed by atoms with van der Waals surface area (Å²) in [7, 11) is 0. The number of carbonyl (C=O) groups excluding carboxylic acids is 1. The van der Waals surface area contributed by atoms with E-state index in [-0.39, 0.29) is 5.91 Å². The van der Waals surface area contributed by atoms with E-state index in [1.165, 1.54) is 11.3 Å². The summed E-state index contributed by atoms with van der Waals surface area (Å²) in [4.78, 5) is 21.6. The summed E-state index contributed by atoms with van der Waals surface area (Å²) in [5.74, 6) is 0.109. The maximum atomic E-state index is 13.0. The van der Waals surface area contributed by atoms with Crippen molar-refractivity contribution in [2.45, 2.75) is 19.8 Å². The highest BCUT2D eigenvalue weighted by Gasteiger charge is 2.23. The van der Waals surface area contributed by atoms with Crippen LogP contribution in [0.1, 0.15) is 18.9 Å². The zero-order chi connectivity index (χ0) is 17.2. The zero-order valence-electron chi connectivity index (χ0n) is 14.3. The molecule has 5 heteroatoms. The predicted molar refractivity (Wildman–Crippen MR) is 105 cm³/mol. The average molecular weight is 351 g/mol. The molecule has 2 aromatic carbocycles. The second kappa shape index (κ2) is 6.84. The molecule has 1 aliphatic heterocycles. The topological polar surface area (TPSA) is 36.4 Å². The largest absolute Gasteiger partial charge is 0.362 e. The van der Waals surface area contributed by atoms with Crippen LogP contribution in [-0.2, 0) is 11.2 Å². The molecule has 0 saturated heterocycles. The molecule has 128 valence electrons. The normalized spacial score (nSPS) is 13.7. The summed E-state index contributed by atoms with van der Waals surface area (Å²) in [5, 5.41) is 0.791. The van der Waals surface area contributed by atoms with Crippen LogP contribution >= 0.6 is 11.3 Å². The van der Waals surface area contributed by atoms with Gasteiger partial charge in [0.25, 0.3) is 0 Å². The SMILES string of the molecule is CCN(C(=O)CN1CCCc2ccccc21)c1nc2ccccc2s1. The number of aryl methyl sites for hydroxylation is 1. The fourth-order valence-electron chi connectivity index (χ4n) is 3.42. The molecule has 0 N–H and O–H groups in total. The van der Waals surface area contributed by atoms with E-state index in [0.717, 1.165) is 34.7 Å². The molecule has 1 aliphatic rings. The number of nitrogens with zero attached hydrogens (tertiary/aromatic N) is 3. The van der Waals surface area contributed by atoms with E-state index in [1.807, 2.05) is 36.1 Å². The molecule has 0 bridgehead atoms. The van der Waals surface area contributed by atoms with Gasteiger partial charge in [0.15, 0.2) is 5.13 Å². The highest BCUT2D eigenvalue weighted by Crippen LogP contribution is 2.30. The molecule has 0 saturated carbocycles. The van der Waals surface area contributed by atoms with Crippen molar-refractivity contribution in [2.75, 3.05) is 29.4 Å². The monoisotopic (exact) mass is 351 g/mol. The molecule has 1 aromatic heterocycles. The third-order valence-electron chi connectivity index (χ3n) is 4.66. The van der Waals surface area contributed by atoms with Crippen LogP contribution in [0.15, 0.2) is 48.5 Å². The minimum Gasteiger partial charge on any atom is -0.362 e. The maximum Gasteiger partial charge on any atom is 0.248 e. The van der Waals surface area contributed by atoms with Gasteiger partial charge in [0, 0.05) is 18.8 Å². The van der Waals surface area contributed by atoms with Crippen LogP contribution in [0.4, 0.5) is 10.8 Å². The average Bonchev–Trinajstić information content (AvgIpc) is 3.06. The minimum absolute atomic E-state index is 0.109. The maximum absolute atomic E-state index is 13.0. The first-order valence-electron chi connectivity index (χ1n) is 8.75. The fraction of sp³-hybridized carbons (Fsp3) is 0.300. The molecule has 2 heterocycles. The second-order valence-electron chi connectivity index (χ2n) is 6.26. The molecule has 4 rings (SSSR count). The summed E-state index contributed by atoms with van der Waals surface area (Å²) >= 11 is 1.58. The van der Waals surface area contributed by atoms with Crippen molar-refractivity contribution >= 4 is 38.3 Å². The summed E-state index contributed by atoms with van der Waals surface area (Å²) in [6.45, 7) is 3.98. The van der Waals surface area contributed by atoms with Crippen molar-refractivity contribution in [1.82, 2.24) is 4.98 Å². The van der Waals surface area contributed by atoms with Crippen molar-refractivity contribution in [3.63, 3.8) is 0 Å². The molecule has 0 radical (unpaired) electrons. The van der Waals surface area contributed by atoms with Gasteiger partial charge in [0.1, 0.15) is 0 Å². The summed E-state index contributed by atoms with van der Waals surface area (Å²) in [6, 6.07) is 16.4. The first-order valence-corrected chi connectivity index (χ1v) is 9.56. The molecule has 3 aromatic rings. The molecule has 0 unspecified atom stereocenters. The Kier molecular flexibility index (Phi) is 4.40. The third-order valence-corrected chi connectivity index (χ3v) is 5.72. The van der Waals surface area contributed by atoms with E-state index < -0.39 is 0 Å².